The lowest BCUT2D eigenvalue weighted by atomic mass is 9.53. The maximum atomic E-state index is 12.1. The highest BCUT2D eigenvalue weighted by Gasteiger charge is 2.51. The lowest BCUT2D eigenvalue weighted by molar-refractivity contribution is -0.0201. The van der Waals surface area contributed by atoms with Gasteiger partial charge in [0, 0.05) is 11.1 Å². The average Bonchev–Trinajstić information content (AvgIpc) is 2.34. The van der Waals surface area contributed by atoms with Gasteiger partial charge in [-0.25, -0.2) is 4.79 Å². The van der Waals surface area contributed by atoms with E-state index in [1.807, 2.05) is 13.8 Å². The highest BCUT2D eigenvalue weighted by Crippen LogP contribution is 2.55. The highest BCUT2D eigenvalue weighted by atomic mass is 16.5. The second-order valence-electron chi connectivity index (χ2n) is 7.91. The lowest BCUT2D eigenvalue weighted by Gasteiger charge is -2.56. The molecule has 4 bridgehead atoms. The summed E-state index contributed by atoms with van der Waals surface area (Å²) in [6.07, 6.45) is 8.15. The number of rotatable bonds is 4. The van der Waals surface area contributed by atoms with Gasteiger partial charge in [0.25, 0.3) is 0 Å². The molecule has 4 rings (SSSR count). The SMILES string of the molecule is CCC(C)(N)COC(=O)NC12CC3CC(CC(C3)C1)C2. The molecule has 3 N–H and O–H groups in total. The molecule has 0 spiro atoms. The van der Waals surface area contributed by atoms with Gasteiger partial charge in [-0.15, -0.1) is 0 Å². The first kappa shape index (κ1) is 14.2. The lowest BCUT2D eigenvalue weighted by Crippen LogP contribution is -2.60. The molecular weight excluding hydrogens is 252 g/mol. The molecule has 114 valence electrons. The number of hydrogen-bond donors (Lipinski definition) is 2. The van der Waals surface area contributed by atoms with Crippen molar-refractivity contribution in [3.8, 4) is 0 Å². The molecule has 0 radical (unpaired) electrons. The predicted molar refractivity (Wildman–Crippen MR) is 78.3 cm³/mol. The molecule has 4 heteroatoms. The van der Waals surface area contributed by atoms with Crippen LogP contribution < -0.4 is 11.1 Å². The van der Waals surface area contributed by atoms with Crippen molar-refractivity contribution in [3.05, 3.63) is 0 Å². The first-order valence-electron chi connectivity index (χ1n) is 8.13. The maximum absolute atomic E-state index is 12.1. The van der Waals surface area contributed by atoms with Crippen molar-refractivity contribution in [2.75, 3.05) is 6.61 Å². The fourth-order valence-electron chi connectivity index (χ4n) is 4.85. The smallest absolute Gasteiger partial charge is 0.407 e. The zero-order valence-electron chi connectivity index (χ0n) is 12.8. The minimum Gasteiger partial charge on any atom is -0.448 e. The van der Waals surface area contributed by atoms with E-state index in [2.05, 4.69) is 5.32 Å². The fraction of sp³-hybridized carbons (Fsp3) is 0.938. The Morgan fingerprint density at radius 1 is 1.25 bits per heavy atom. The van der Waals surface area contributed by atoms with Gasteiger partial charge in [-0.2, -0.15) is 0 Å². The topological polar surface area (TPSA) is 64.3 Å². The van der Waals surface area contributed by atoms with Gasteiger partial charge in [0.1, 0.15) is 6.61 Å². The largest absolute Gasteiger partial charge is 0.448 e. The van der Waals surface area contributed by atoms with Crippen molar-refractivity contribution in [2.45, 2.75) is 69.9 Å². The van der Waals surface area contributed by atoms with Crippen LogP contribution in [0.3, 0.4) is 0 Å². The van der Waals surface area contributed by atoms with Crippen LogP contribution in [0.1, 0.15) is 58.8 Å². The normalized spacial score (nSPS) is 41.2. The molecule has 20 heavy (non-hydrogen) atoms. The second-order valence-corrected chi connectivity index (χ2v) is 7.91. The molecule has 0 aliphatic heterocycles. The summed E-state index contributed by atoms with van der Waals surface area (Å²) in [6, 6.07) is 0. The standard InChI is InChI=1S/C16H28N2O2/c1-3-15(2,17)10-20-14(19)18-16-7-11-4-12(8-16)6-13(5-11)9-16/h11-13H,3-10,17H2,1-2H3,(H,18,19). The van der Waals surface area contributed by atoms with Crippen molar-refractivity contribution < 1.29 is 9.53 Å². The zero-order valence-corrected chi connectivity index (χ0v) is 12.8. The minimum absolute atomic E-state index is 0.0308. The molecule has 4 saturated carbocycles. The van der Waals surface area contributed by atoms with Crippen LogP contribution in [0.25, 0.3) is 0 Å². The molecular formula is C16H28N2O2. The van der Waals surface area contributed by atoms with Crippen LogP contribution in [-0.4, -0.2) is 23.8 Å². The van der Waals surface area contributed by atoms with E-state index < -0.39 is 5.54 Å². The summed E-state index contributed by atoms with van der Waals surface area (Å²) in [5, 5.41) is 3.20. The Bertz CT molecular complexity index is 357. The third-order valence-electron chi connectivity index (χ3n) is 5.75. The summed E-state index contributed by atoms with van der Waals surface area (Å²) in [6.45, 7) is 4.23. The summed E-state index contributed by atoms with van der Waals surface area (Å²) < 4.78 is 5.36. The Labute approximate surface area is 121 Å². The third-order valence-corrected chi connectivity index (χ3v) is 5.75. The highest BCUT2D eigenvalue weighted by molar-refractivity contribution is 5.68. The average molecular weight is 280 g/mol. The predicted octanol–water partition coefficient (Wildman–Crippen LogP) is 2.81. The van der Waals surface area contributed by atoms with Gasteiger partial charge in [0.15, 0.2) is 0 Å². The van der Waals surface area contributed by atoms with E-state index in [1.54, 1.807) is 0 Å². The maximum Gasteiger partial charge on any atom is 0.407 e. The Balaban J connectivity index is 1.56. The summed E-state index contributed by atoms with van der Waals surface area (Å²) in [4.78, 5) is 12.1. The van der Waals surface area contributed by atoms with E-state index in [1.165, 1.54) is 19.3 Å². The first-order valence-corrected chi connectivity index (χ1v) is 8.13. The van der Waals surface area contributed by atoms with Gasteiger partial charge in [0.2, 0.25) is 0 Å². The Kier molecular flexibility index (Phi) is 3.47. The van der Waals surface area contributed by atoms with Gasteiger partial charge >= 0.3 is 6.09 Å². The van der Waals surface area contributed by atoms with E-state index in [-0.39, 0.29) is 11.6 Å². The monoisotopic (exact) mass is 280 g/mol. The van der Waals surface area contributed by atoms with E-state index >= 15 is 0 Å². The van der Waals surface area contributed by atoms with E-state index in [4.69, 9.17) is 10.5 Å². The molecule has 4 aliphatic rings. The van der Waals surface area contributed by atoms with Crippen LogP contribution in [0.15, 0.2) is 0 Å². The summed E-state index contributed by atoms with van der Waals surface area (Å²) in [7, 11) is 0. The van der Waals surface area contributed by atoms with Crippen molar-refractivity contribution in [1.29, 1.82) is 0 Å². The van der Waals surface area contributed by atoms with E-state index in [0.29, 0.717) is 6.61 Å². The summed E-state index contributed by atoms with van der Waals surface area (Å²) in [5.74, 6) is 2.49. The van der Waals surface area contributed by atoms with Gasteiger partial charge < -0.3 is 15.8 Å². The van der Waals surface area contributed by atoms with E-state index in [9.17, 15) is 4.79 Å². The molecule has 0 aromatic heterocycles. The van der Waals surface area contributed by atoms with E-state index in [0.717, 1.165) is 43.4 Å². The first-order chi connectivity index (χ1) is 9.40. The van der Waals surface area contributed by atoms with Crippen LogP contribution in [0, 0.1) is 17.8 Å². The Hall–Kier alpha value is -0.770. The summed E-state index contributed by atoms with van der Waals surface area (Å²) in [5.41, 5.74) is 5.63. The number of carbonyl (C=O) groups excluding carboxylic acids is 1. The van der Waals surface area contributed by atoms with Crippen LogP contribution >= 0.6 is 0 Å². The minimum atomic E-state index is -0.418. The molecule has 4 aliphatic carbocycles. The number of alkyl carbamates (subject to hydrolysis) is 1. The molecule has 1 unspecified atom stereocenters. The number of ether oxygens (including phenoxy) is 1. The van der Waals surface area contributed by atoms with Crippen molar-refractivity contribution in [3.63, 3.8) is 0 Å². The van der Waals surface area contributed by atoms with Gasteiger partial charge in [-0.05, 0) is 69.6 Å². The molecule has 1 atom stereocenters. The van der Waals surface area contributed by atoms with Crippen molar-refractivity contribution >= 4 is 6.09 Å². The van der Waals surface area contributed by atoms with Crippen LogP contribution in [0.2, 0.25) is 0 Å². The number of hydrogen-bond acceptors (Lipinski definition) is 3. The van der Waals surface area contributed by atoms with Gasteiger partial charge in [-0.1, -0.05) is 6.92 Å². The number of nitrogens with two attached hydrogens (primary N) is 1. The van der Waals surface area contributed by atoms with Crippen LogP contribution in [-0.2, 0) is 4.74 Å². The molecule has 0 aromatic rings. The Morgan fingerprint density at radius 2 is 1.75 bits per heavy atom. The van der Waals surface area contributed by atoms with Crippen LogP contribution in [0.4, 0.5) is 4.79 Å². The number of amides is 1. The molecule has 0 saturated heterocycles. The molecule has 4 fully saturated rings. The fourth-order valence-corrected chi connectivity index (χ4v) is 4.85. The second kappa shape index (κ2) is 4.90. The van der Waals surface area contributed by atoms with Crippen LogP contribution in [0.5, 0.6) is 0 Å². The quantitative estimate of drug-likeness (QED) is 0.832. The molecule has 4 nitrogen and oxygen atoms in total. The Morgan fingerprint density at radius 3 is 2.20 bits per heavy atom. The number of nitrogens with one attached hydrogen (secondary N) is 1. The molecule has 0 aromatic carbocycles. The van der Waals surface area contributed by atoms with Crippen molar-refractivity contribution in [1.82, 2.24) is 5.32 Å². The molecule has 0 heterocycles. The zero-order chi connectivity index (χ0) is 14.4. The van der Waals surface area contributed by atoms with Crippen molar-refractivity contribution in [2.24, 2.45) is 23.5 Å². The number of carbonyl (C=O) groups is 1. The summed E-state index contributed by atoms with van der Waals surface area (Å²) >= 11 is 0. The third kappa shape index (κ3) is 2.80. The molecule has 1 amide bonds. The van der Waals surface area contributed by atoms with Gasteiger partial charge in [-0.3, -0.25) is 0 Å². The van der Waals surface area contributed by atoms with Gasteiger partial charge in [0.05, 0.1) is 0 Å².